The van der Waals surface area contributed by atoms with E-state index >= 15 is 0 Å². The van der Waals surface area contributed by atoms with Crippen LogP contribution in [0.3, 0.4) is 0 Å². The molecule has 28 heavy (non-hydrogen) atoms. The van der Waals surface area contributed by atoms with Crippen molar-refractivity contribution in [3.8, 4) is 0 Å². The van der Waals surface area contributed by atoms with Crippen LogP contribution in [0.25, 0.3) is 0 Å². The highest BCUT2D eigenvalue weighted by Crippen LogP contribution is 2.17. The molecule has 0 atom stereocenters. The van der Waals surface area contributed by atoms with Crippen LogP contribution < -0.4 is 16.4 Å². The van der Waals surface area contributed by atoms with E-state index in [9.17, 15) is 9.59 Å². The molecule has 4 N–H and O–H groups in total. The van der Waals surface area contributed by atoms with Crippen LogP contribution in [0.1, 0.15) is 47.5 Å². The molecule has 0 fully saturated rings. The van der Waals surface area contributed by atoms with Crippen molar-refractivity contribution in [2.24, 2.45) is 0 Å². The van der Waals surface area contributed by atoms with E-state index in [1.165, 1.54) is 6.20 Å². The van der Waals surface area contributed by atoms with E-state index in [1.54, 1.807) is 36.4 Å². The molecule has 0 bridgehead atoms. The van der Waals surface area contributed by atoms with E-state index in [1.807, 2.05) is 0 Å². The van der Waals surface area contributed by atoms with Crippen molar-refractivity contribution in [1.29, 1.82) is 0 Å². The van der Waals surface area contributed by atoms with Crippen molar-refractivity contribution >= 4 is 23.2 Å². The number of rotatable bonds is 10. The van der Waals surface area contributed by atoms with Gasteiger partial charge >= 0.3 is 0 Å². The number of carbonyl (C=O) groups is 2. The molecule has 0 aliphatic rings. The molecule has 2 amide bonds. The summed E-state index contributed by atoms with van der Waals surface area (Å²) in [5.41, 5.74) is 7.50. The summed E-state index contributed by atoms with van der Waals surface area (Å²) >= 11 is 0. The minimum absolute atomic E-state index is 0.243. The maximum atomic E-state index is 12.3. The molecule has 1 aromatic heterocycles. The topological polar surface area (TPSA) is 100 Å². The minimum Gasteiger partial charge on any atom is -0.397 e. The Balaban J connectivity index is 1.88. The molecular formula is C21H29N5O2. The second kappa shape index (κ2) is 11.0. The number of hydrogen-bond acceptors (Lipinski definition) is 5. The first kappa shape index (κ1) is 21.4. The van der Waals surface area contributed by atoms with Crippen LogP contribution in [0.4, 0.5) is 11.4 Å². The zero-order valence-electron chi connectivity index (χ0n) is 16.6. The molecule has 1 heterocycles. The van der Waals surface area contributed by atoms with Crippen molar-refractivity contribution in [3.05, 3.63) is 53.9 Å². The normalized spacial score (nSPS) is 10.7. The number of amides is 2. The van der Waals surface area contributed by atoms with Crippen molar-refractivity contribution in [2.75, 3.05) is 37.2 Å². The standard InChI is InChI=1S/C21H29N5O2/c1-3-12-26(13-4-2)14-11-23-21(28)19-10-9-16(15-24-19)20(27)25-18-8-6-5-7-17(18)22/h5-10,15H,3-4,11-14,22H2,1-2H3,(H,23,28)(H,25,27). The van der Waals surface area contributed by atoms with Gasteiger partial charge in [-0.25, -0.2) is 0 Å². The highest BCUT2D eigenvalue weighted by molar-refractivity contribution is 6.05. The maximum Gasteiger partial charge on any atom is 0.269 e. The van der Waals surface area contributed by atoms with Gasteiger partial charge in [-0.2, -0.15) is 0 Å². The predicted octanol–water partition coefficient (Wildman–Crippen LogP) is 2.77. The Morgan fingerprint density at radius 2 is 1.71 bits per heavy atom. The molecular weight excluding hydrogens is 354 g/mol. The first-order valence-electron chi connectivity index (χ1n) is 9.67. The zero-order chi connectivity index (χ0) is 20.4. The number of anilines is 2. The highest BCUT2D eigenvalue weighted by Gasteiger charge is 2.12. The minimum atomic E-state index is -0.327. The third-order valence-corrected chi connectivity index (χ3v) is 4.26. The number of aromatic nitrogens is 1. The van der Waals surface area contributed by atoms with Crippen LogP contribution in [0.15, 0.2) is 42.6 Å². The van der Waals surface area contributed by atoms with Gasteiger partial charge in [-0.1, -0.05) is 26.0 Å². The lowest BCUT2D eigenvalue weighted by molar-refractivity contribution is 0.0941. The summed E-state index contributed by atoms with van der Waals surface area (Å²) in [6.07, 6.45) is 3.57. The summed E-state index contributed by atoms with van der Waals surface area (Å²) in [6, 6.07) is 10.2. The van der Waals surface area contributed by atoms with Crippen LogP contribution in [-0.2, 0) is 0 Å². The molecule has 7 heteroatoms. The SMILES string of the molecule is CCCN(CCC)CCNC(=O)c1ccc(C(=O)Nc2ccccc2N)cn1. The molecule has 0 saturated carbocycles. The van der Waals surface area contributed by atoms with E-state index < -0.39 is 0 Å². The van der Waals surface area contributed by atoms with Gasteiger partial charge in [0.05, 0.1) is 16.9 Å². The predicted molar refractivity (Wildman–Crippen MR) is 112 cm³/mol. The lowest BCUT2D eigenvalue weighted by Crippen LogP contribution is -2.36. The summed E-state index contributed by atoms with van der Waals surface area (Å²) in [5.74, 6) is -0.570. The third kappa shape index (κ3) is 6.35. The van der Waals surface area contributed by atoms with E-state index in [0.29, 0.717) is 23.5 Å². The maximum absolute atomic E-state index is 12.3. The quantitative estimate of drug-likeness (QED) is 0.548. The molecule has 0 aliphatic carbocycles. The Morgan fingerprint density at radius 1 is 1.00 bits per heavy atom. The van der Waals surface area contributed by atoms with Gasteiger partial charge < -0.3 is 21.3 Å². The van der Waals surface area contributed by atoms with Crippen LogP contribution in [0, 0.1) is 0 Å². The average molecular weight is 383 g/mol. The van der Waals surface area contributed by atoms with Gasteiger partial charge in [-0.15, -0.1) is 0 Å². The monoisotopic (exact) mass is 383 g/mol. The number of benzene rings is 1. The molecule has 150 valence electrons. The molecule has 1 aromatic carbocycles. The molecule has 2 aromatic rings. The largest absolute Gasteiger partial charge is 0.397 e. The first-order valence-corrected chi connectivity index (χ1v) is 9.67. The summed E-state index contributed by atoms with van der Waals surface area (Å²) < 4.78 is 0. The number of nitrogens with one attached hydrogen (secondary N) is 2. The summed E-state index contributed by atoms with van der Waals surface area (Å²) in [6.45, 7) is 7.72. The molecule has 0 aliphatic heterocycles. The van der Waals surface area contributed by atoms with Crippen molar-refractivity contribution in [3.63, 3.8) is 0 Å². The van der Waals surface area contributed by atoms with E-state index in [2.05, 4.69) is 34.4 Å². The lowest BCUT2D eigenvalue weighted by atomic mass is 10.2. The van der Waals surface area contributed by atoms with Crippen LogP contribution in [0.5, 0.6) is 0 Å². The van der Waals surface area contributed by atoms with E-state index in [0.717, 1.165) is 32.5 Å². The second-order valence-electron chi connectivity index (χ2n) is 6.57. The first-order chi connectivity index (χ1) is 13.5. The van der Waals surface area contributed by atoms with Gasteiger partial charge in [0.1, 0.15) is 5.69 Å². The van der Waals surface area contributed by atoms with Gasteiger partial charge in [0, 0.05) is 19.3 Å². The third-order valence-electron chi connectivity index (χ3n) is 4.26. The summed E-state index contributed by atoms with van der Waals surface area (Å²) in [5, 5.41) is 5.62. The summed E-state index contributed by atoms with van der Waals surface area (Å²) in [4.78, 5) is 31.0. The van der Waals surface area contributed by atoms with E-state index in [4.69, 9.17) is 5.73 Å². The van der Waals surface area contributed by atoms with Gasteiger partial charge in [-0.05, 0) is 50.2 Å². The van der Waals surface area contributed by atoms with Crippen LogP contribution in [0.2, 0.25) is 0 Å². The molecule has 2 rings (SSSR count). The fraction of sp³-hybridized carbons (Fsp3) is 0.381. The molecule has 0 spiro atoms. The number of nitrogens with zero attached hydrogens (tertiary/aromatic N) is 2. The van der Waals surface area contributed by atoms with Crippen molar-refractivity contribution in [1.82, 2.24) is 15.2 Å². The van der Waals surface area contributed by atoms with Crippen molar-refractivity contribution in [2.45, 2.75) is 26.7 Å². The zero-order valence-corrected chi connectivity index (χ0v) is 16.6. The Kier molecular flexibility index (Phi) is 8.42. The lowest BCUT2D eigenvalue weighted by Gasteiger charge is -2.20. The average Bonchev–Trinajstić information content (AvgIpc) is 2.70. The van der Waals surface area contributed by atoms with Crippen LogP contribution in [-0.4, -0.2) is 47.9 Å². The number of carbonyl (C=O) groups excluding carboxylic acids is 2. The molecule has 0 saturated heterocycles. The second-order valence-corrected chi connectivity index (χ2v) is 6.57. The van der Waals surface area contributed by atoms with Crippen LogP contribution >= 0.6 is 0 Å². The Bertz CT molecular complexity index is 771. The number of pyridine rings is 1. The summed E-state index contributed by atoms with van der Waals surface area (Å²) in [7, 11) is 0. The smallest absolute Gasteiger partial charge is 0.269 e. The Morgan fingerprint density at radius 3 is 2.32 bits per heavy atom. The fourth-order valence-electron chi connectivity index (χ4n) is 2.85. The van der Waals surface area contributed by atoms with Gasteiger partial charge in [-0.3, -0.25) is 14.6 Å². The number of para-hydroxylation sites is 2. The van der Waals surface area contributed by atoms with Gasteiger partial charge in [0.15, 0.2) is 0 Å². The van der Waals surface area contributed by atoms with Gasteiger partial charge in [0.2, 0.25) is 0 Å². The fourth-order valence-corrected chi connectivity index (χ4v) is 2.85. The number of nitrogens with two attached hydrogens (primary N) is 1. The molecule has 7 nitrogen and oxygen atoms in total. The Hall–Kier alpha value is -2.93. The van der Waals surface area contributed by atoms with E-state index in [-0.39, 0.29) is 17.5 Å². The van der Waals surface area contributed by atoms with Gasteiger partial charge in [0.25, 0.3) is 11.8 Å². The Labute approximate surface area is 166 Å². The number of hydrogen-bond donors (Lipinski definition) is 3. The number of nitrogen functional groups attached to an aromatic ring is 1. The van der Waals surface area contributed by atoms with Crippen molar-refractivity contribution < 1.29 is 9.59 Å². The molecule has 0 unspecified atom stereocenters. The molecule has 0 radical (unpaired) electrons. The highest BCUT2D eigenvalue weighted by atomic mass is 16.2.